The maximum absolute atomic E-state index is 5.96. The number of anilines is 1. The van der Waals surface area contributed by atoms with Crippen molar-refractivity contribution in [2.45, 2.75) is 26.2 Å². The molecule has 0 radical (unpaired) electrons. The van der Waals surface area contributed by atoms with Gasteiger partial charge < -0.3 is 11.1 Å². The molecule has 110 valence electrons. The van der Waals surface area contributed by atoms with Gasteiger partial charge in [0.25, 0.3) is 0 Å². The molecule has 0 aliphatic rings. The lowest BCUT2D eigenvalue weighted by molar-refractivity contribution is 0.675. The topological polar surface area (TPSA) is 50.4 Å². The summed E-state index contributed by atoms with van der Waals surface area (Å²) in [5, 5.41) is 3.13. The first kappa shape index (κ1) is 15.1. The summed E-state index contributed by atoms with van der Waals surface area (Å²) in [6.07, 6.45) is 1.05. The van der Waals surface area contributed by atoms with Crippen molar-refractivity contribution in [1.82, 2.24) is 0 Å². The van der Waals surface area contributed by atoms with E-state index in [1.165, 1.54) is 11.1 Å². The van der Waals surface area contributed by atoms with Crippen molar-refractivity contribution in [3.63, 3.8) is 0 Å². The molecule has 0 bridgehead atoms. The highest BCUT2D eigenvalue weighted by atomic mass is 15.1. The smallest absolute Gasteiger partial charge is 0.193 e. The van der Waals surface area contributed by atoms with E-state index in [9.17, 15) is 0 Å². The predicted octanol–water partition coefficient (Wildman–Crippen LogP) is 3.92. The van der Waals surface area contributed by atoms with E-state index < -0.39 is 0 Å². The lowest BCUT2D eigenvalue weighted by atomic mass is 9.97. The van der Waals surface area contributed by atoms with E-state index in [2.05, 4.69) is 60.6 Å². The van der Waals surface area contributed by atoms with Gasteiger partial charge >= 0.3 is 0 Å². The molecular weight excluding hydrogens is 258 g/mol. The number of aryl methyl sites for hydroxylation is 1. The van der Waals surface area contributed by atoms with Gasteiger partial charge in [-0.25, -0.2) is 0 Å². The fourth-order valence-electron chi connectivity index (χ4n) is 2.23. The van der Waals surface area contributed by atoms with Crippen LogP contribution in [-0.2, 0) is 0 Å². The molecule has 21 heavy (non-hydrogen) atoms. The summed E-state index contributed by atoms with van der Waals surface area (Å²) in [5.41, 5.74) is 9.47. The number of nitrogens with two attached hydrogens (primary N) is 1. The number of nitrogens with zero attached hydrogens (tertiary/aromatic N) is 1. The quantitative estimate of drug-likeness (QED) is 0.644. The van der Waals surface area contributed by atoms with Crippen molar-refractivity contribution in [1.29, 1.82) is 0 Å². The van der Waals surface area contributed by atoms with Crippen LogP contribution in [0.4, 0.5) is 5.69 Å². The highest BCUT2D eigenvalue weighted by Gasteiger charge is 2.08. The van der Waals surface area contributed by atoms with Crippen molar-refractivity contribution in [2.24, 2.45) is 10.7 Å². The van der Waals surface area contributed by atoms with Gasteiger partial charge in [-0.1, -0.05) is 55.0 Å². The first-order chi connectivity index (χ1) is 10.2. The second kappa shape index (κ2) is 7.48. The Morgan fingerprint density at radius 3 is 2.38 bits per heavy atom. The average molecular weight is 281 g/mol. The van der Waals surface area contributed by atoms with E-state index in [-0.39, 0.29) is 0 Å². The van der Waals surface area contributed by atoms with Crippen LogP contribution in [0.15, 0.2) is 59.6 Å². The van der Waals surface area contributed by atoms with Crippen molar-refractivity contribution in [3.05, 3.63) is 65.7 Å². The van der Waals surface area contributed by atoms with Gasteiger partial charge in [0.1, 0.15) is 0 Å². The van der Waals surface area contributed by atoms with Crippen LogP contribution < -0.4 is 11.1 Å². The van der Waals surface area contributed by atoms with Crippen molar-refractivity contribution >= 4 is 11.6 Å². The average Bonchev–Trinajstić information content (AvgIpc) is 2.51. The van der Waals surface area contributed by atoms with Gasteiger partial charge in [0.15, 0.2) is 5.96 Å². The molecule has 0 spiro atoms. The molecule has 0 heterocycles. The van der Waals surface area contributed by atoms with E-state index in [4.69, 9.17) is 5.73 Å². The molecule has 0 aromatic heterocycles. The molecule has 1 unspecified atom stereocenters. The number of guanidine groups is 1. The molecule has 2 rings (SSSR count). The Hall–Kier alpha value is -2.29. The van der Waals surface area contributed by atoms with Crippen LogP contribution in [0, 0.1) is 6.92 Å². The van der Waals surface area contributed by atoms with Gasteiger partial charge in [-0.05, 0) is 31.0 Å². The zero-order chi connectivity index (χ0) is 15.1. The Kier molecular flexibility index (Phi) is 5.38. The fraction of sp³-hybridized carbons (Fsp3) is 0.278. The summed E-state index contributed by atoms with van der Waals surface area (Å²) in [6.45, 7) is 4.94. The first-order valence-electron chi connectivity index (χ1n) is 7.37. The summed E-state index contributed by atoms with van der Waals surface area (Å²) in [7, 11) is 0. The molecule has 0 saturated carbocycles. The number of nitrogens with one attached hydrogen (secondary N) is 1. The van der Waals surface area contributed by atoms with Gasteiger partial charge in [0.2, 0.25) is 0 Å². The van der Waals surface area contributed by atoms with Crippen molar-refractivity contribution < 1.29 is 0 Å². The van der Waals surface area contributed by atoms with E-state index in [0.29, 0.717) is 18.4 Å². The molecule has 2 aromatic carbocycles. The molecule has 2 aromatic rings. The number of hydrogen-bond acceptors (Lipinski definition) is 1. The Balaban J connectivity index is 1.97. The molecule has 3 heteroatoms. The maximum atomic E-state index is 5.96. The first-order valence-corrected chi connectivity index (χ1v) is 7.37. The highest BCUT2D eigenvalue weighted by Crippen LogP contribution is 2.19. The Labute approximate surface area is 126 Å². The largest absolute Gasteiger partial charge is 0.370 e. The van der Waals surface area contributed by atoms with E-state index in [1.54, 1.807) is 0 Å². The minimum absolute atomic E-state index is 0.407. The molecule has 0 fully saturated rings. The Morgan fingerprint density at radius 2 is 1.76 bits per heavy atom. The summed E-state index contributed by atoms with van der Waals surface area (Å²) < 4.78 is 0. The predicted molar refractivity (Wildman–Crippen MR) is 90.8 cm³/mol. The summed E-state index contributed by atoms with van der Waals surface area (Å²) in [6, 6.07) is 18.6. The maximum Gasteiger partial charge on any atom is 0.193 e. The minimum Gasteiger partial charge on any atom is -0.370 e. The fourth-order valence-corrected chi connectivity index (χ4v) is 2.23. The number of aliphatic imine (C=N–C) groups is 1. The highest BCUT2D eigenvalue weighted by molar-refractivity contribution is 5.92. The molecule has 3 N–H and O–H groups in total. The third-order valence-corrected chi connectivity index (χ3v) is 3.57. The van der Waals surface area contributed by atoms with Gasteiger partial charge in [-0.15, -0.1) is 0 Å². The standard InChI is InChI=1S/C18H23N3/c1-3-15(16-7-5-4-6-8-16)13-20-18(19)21-17-11-9-14(2)10-12-17/h4-12,15H,3,13H2,1-2H3,(H3,19,20,21). The number of benzene rings is 2. The van der Waals surface area contributed by atoms with Crippen molar-refractivity contribution in [3.8, 4) is 0 Å². The van der Waals surface area contributed by atoms with Crippen LogP contribution >= 0.6 is 0 Å². The molecule has 0 saturated heterocycles. The zero-order valence-corrected chi connectivity index (χ0v) is 12.7. The summed E-state index contributed by atoms with van der Waals surface area (Å²) >= 11 is 0. The van der Waals surface area contributed by atoms with E-state index in [0.717, 1.165) is 12.1 Å². The minimum atomic E-state index is 0.407. The van der Waals surface area contributed by atoms with Crippen LogP contribution in [0.3, 0.4) is 0 Å². The van der Waals surface area contributed by atoms with E-state index in [1.807, 2.05) is 18.2 Å². The molecule has 0 aliphatic carbocycles. The lowest BCUT2D eigenvalue weighted by Gasteiger charge is -2.13. The molecule has 3 nitrogen and oxygen atoms in total. The van der Waals surface area contributed by atoms with Gasteiger partial charge in [0, 0.05) is 18.2 Å². The normalized spacial score (nSPS) is 13.0. The molecular formula is C18H23N3. The molecule has 0 aliphatic heterocycles. The van der Waals surface area contributed by atoms with Crippen LogP contribution in [0.1, 0.15) is 30.4 Å². The summed E-state index contributed by atoms with van der Waals surface area (Å²) in [5.74, 6) is 0.873. The van der Waals surface area contributed by atoms with Gasteiger partial charge in [-0.2, -0.15) is 0 Å². The van der Waals surface area contributed by atoms with E-state index >= 15 is 0 Å². The zero-order valence-electron chi connectivity index (χ0n) is 12.7. The third kappa shape index (κ3) is 4.63. The Morgan fingerprint density at radius 1 is 1.10 bits per heavy atom. The SMILES string of the molecule is CCC(CN=C(N)Nc1ccc(C)cc1)c1ccccc1. The Bertz CT molecular complexity index is 573. The van der Waals surface area contributed by atoms with Crippen LogP contribution in [0.5, 0.6) is 0 Å². The molecule has 0 amide bonds. The van der Waals surface area contributed by atoms with Crippen molar-refractivity contribution in [2.75, 3.05) is 11.9 Å². The van der Waals surface area contributed by atoms with Crippen LogP contribution in [0.2, 0.25) is 0 Å². The second-order valence-electron chi connectivity index (χ2n) is 5.23. The number of rotatable bonds is 5. The number of hydrogen-bond donors (Lipinski definition) is 2. The van der Waals surface area contributed by atoms with Crippen LogP contribution in [-0.4, -0.2) is 12.5 Å². The lowest BCUT2D eigenvalue weighted by Crippen LogP contribution is -2.23. The third-order valence-electron chi connectivity index (χ3n) is 3.57. The van der Waals surface area contributed by atoms with Gasteiger partial charge in [-0.3, -0.25) is 4.99 Å². The van der Waals surface area contributed by atoms with Crippen LogP contribution in [0.25, 0.3) is 0 Å². The monoisotopic (exact) mass is 281 g/mol. The molecule has 1 atom stereocenters. The second-order valence-corrected chi connectivity index (χ2v) is 5.23. The summed E-state index contributed by atoms with van der Waals surface area (Å²) in [4.78, 5) is 4.47. The van der Waals surface area contributed by atoms with Gasteiger partial charge in [0.05, 0.1) is 0 Å².